The highest BCUT2D eigenvalue weighted by Gasteiger charge is 2.10. The van der Waals surface area contributed by atoms with E-state index < -0.39 is 0 Å². The minimum absolute atomic E-state index is 0.0355. The van der Waals surface area contributed by atoms with Crippen LogP contribution >= 0.6 is 39.0 Å². The molecule has 0 saturated heterocycles. The zero-order chi connectivity index (χ0) is 18.5. The molecule has 134 valence electrons. The van der Waals surface area contributed by atoms with Crippen molar-refractivity contribution in [2.24, 2.45) is 0 Å². The Morgan fingerprint density at radius 3 is 2.69 bits per heavy atom. The predicted octanol–water partition coefficient (Wildman–Crippen LogP) is 6.00. The van der Waals surface area contributed by atoms with Crippen molar-refractivity contribution >= 4 is 50.6 Å². The summed E-state index contributed by atoms with van der Waals surface area (Å²) in [5, 5.41) is 4.94. The summed E-state index contributed by atoms with van der Waals surface area (Å²) in [6, 6.07) is 14.3. The van der Waals surface area contributed by atoms with E-state index in [1.807, 2.05) is 43.5 Å². The van der Waals surface area contributed by atoms with Crippen LogP contribution in [0, 0.1) is 13.8 Å². The maximum absolute atomic E-state index is 12.3. The molecule has 0 aliphatic carbocycles. The number of rotatable bonds is 6. The van der Waals surface area contributed by atoms with E-state index in [1.165, 1.54) is 11.1 Å². The van der Waals surface area contributed by atoms with Crippen LogP contribution < -0.4 is 5.32 Å². The highest BCUT2D eigenvalue weighted by atomic mass is 79.9. The van der Waals surface area contributed by atoms with Gasteiger partial charge in [0.2, 0.25) is 5.91 Å². The number of hydrogen-bond donors (Lipinski definition) is 1. The Morgan fingerprint density at radius 2 is 1.96 bits per heavy atom. The van der Waals surface area contributed by atoms with Gasteiger partial charge in [-0.2, -0.15) is 0 Å². The molecule has 0 spiro atoms. The van der Waals surface area contributed by atoms with Crippen molar-refractivity contribution in [1.82, 2.24) is 4.98 Å². The molecule has 3 nitrogen and oxygen atoms in total. The number of thiazole rings is 1. The number of aryl methyl sites for hydroxylation is 2. The molecule has 0 fully saturated rings. The van der Waals surface area contributed by atoms with Crippen molar-refractivity contribution < 1.29 is 4.79 Å². The monoisotopic (exact) mass is 446 g/mol. The first-order chi connectivity index (χ1) is 12.5. The van der Waals surface area contributed by atoms with Crippen LogP contribution in [-0.4, -0.2) is 10.9 Å². The van der Waals surface area contributed by atoms with Gasteiger partial charge in [-0.1, -0.05) is 57.5 Å². The minimum Gasteiger partial charge on any atom is -0.326 e. The second-order valence-electron chi connectivity index (χ2n) is 6.06. The number of nitrogens with zero attached hydrogens (tertiary/aromatic N) is 1. The van der Waals surface area contributed by atoms with Gasteiger partial charge in [0, 0.05) is 21.3 Å². The zero-order valence-corrected chi connectivity index (χ0v) is 17.8. The lowest BCUT2D eigenvalue weighted by atomic mass is 10.1. The summed E-state index contributed by atoms with van der Waals surface area (Å²) >= 11 is 6.73. The van der Waals surface area contributed by atoms with Gasteiger partial charge in [-0.3, -0.25) is 4.79 Å². The Labute approximate surface area is 170 Å². The molecule has 1 aromatic heterocycles. The van der Waals surface area contributed by atoms with Gasteiger partial charge in [0.25, 0.3) is 0 Å². The van der Waals surface area contributed by atoms with Gasteiger partial charge >= 0.3 is 0 Å². The van der Waals surface area contributed by atoms with Crippen LogP contribution in [0.3, 0.4) is 0 Å². The molecule has 2 aromatic carbocycles. The topological polar surface area (TPSA) is 42.0 Å². The number of carbonyl (C=O) groups excluding carboxylic acids is 1. The molecule has 1 heterocycles. The maximum Gasteiger partial charge on any atom is 0.230 e. The summed E-state index contributed by atoms with van der Waals surface area (Å²) in [4.78, 5) is 16.9. The van der Waals surface area contributed by atoms with Crippen molar-refractivity contribution in [1.29, 1.82) is 0 Å². The number of halogens is 1. The molecule has 0 aliphatic rings. The van der Waals surface area contributed by atoms with Crippen molar-refractivity contribution in [2.45, 2.75) is 30.4 Å². The number of benzene rings is 2. The molecule has 0 radical (unpaired) electrons. The molecule has 0 saturated carbocycles. The first-order valence-electron chi connectivity index (χ1n) is 8.18. The van der Waals surface area contributed by atoms with E-state index in [9.17, 15) is 4.79 Å². The SMILES string of the molecule is Cc1ccc(NC(=O)Cc2csc(SCc3ccc(Br)cc3)n2)c(C)c1. The molecular formula is C20H19BrN2OS2. The summed E-state index contributed by atoms with van der Waals surface area (Å²) in [6.45, 7) is 4.05. The van der Waals surface area contributed by atoms with Crippen LogP contribution in [0.2, 0.25) is 0 Å². The number of anilines is 1. The summed E-state index contributed by atoms with van der Waals surface area (Å²) in [5.74, 6) is 0.835. The van der Waals surface area contributed by atoms with Crippen molar-refractivity contribution in [2.75, 3.05) is 5.32 Å². The van der Waals surface area contributed by atoms with Crippen LogP contribution in [0.4, 0.5) is 5.69 Å². The van der Waals surface area contributed by atoms with E-state index in [4.69, 9.17) is 0 Å². The van der Waals surface area contributed by atoms with Gasteiger partial charge < -0.3 is 5.32 Å². The lowest BCUT2D eigenvalue weighted by molar-refractivity contribution is -0.115. The Bertz CT molecular complexity index is 906. The third-order valence-electron chi connectivity index (χ3n) is 3.80. The first-order valence-corrected chi connectivity index (χ1v) is 10.8. The lowest BCUT2D eigenvalue weighted by Gasteiger charge is -2.08. The largest absolute Gasteiger partial charge is 0.326 e. The molecule has 3 rings (SSSR count). The van der Waals surface area contributed by atoms with Gasteiger partial charge in [-0.25, -0.2) is 4.98 Å². The molecule has 3 aromatic rings. The average molecular weight is 447 g/mol. The molecule has 0 aliphatic heterocycles. The van der Waals surface area contributed by atoms with Crippen LogP contribution in [-0.2, 0) is 17.0 Å². The Balaban J connectivity index is 1.54. The molecule has 1 amide bonds. The fraction of sp³-hybridized carbons (Fsp3) is 0.200. The van der Waals surface area contributed by atoms with E-state index >= 15 is 0 Å². The van der Waals surface area contributed by atoms with E-state index in [1.54, 1.807) is 23.1 Å². The van der Waals surface area contributed by atoms with E-state index in [-0.39, 0.29) is 5.91 Å². The standard InChI is InChI=1S/C20H19BrN2OS2/c1-13-3-8-18(14(2)9-13)23-19(24)10-17-12-26-20(22-17)25-11-15-4-6-16(21)7-5-15/h3-9,12H,10-11H2,1-2H3,(H,23,24). The van der Waals surface area contributed by atoms with Crippen molar-refractivity contribution in [3.05, 3.63) is 74.7 Å². The third-order valence-corrected chi connectivity index (χ3v) is 6.47. The Hall–Kier alpha value is -1.63. The number of aromatic nitrogens is 1. The number of nitrogens with one attached hydrogen (secondary N) is 1. The first kappa shape index (κ1) is 19.1. The molecule has 0 bridgehead atoms. The molecule has 6 heteroatoms. The quantitative estimate of drug-likeness (QED) is 0.472. The van der Waals surface area contributed by atoms with Crippen molar-refractivity contribution in [3.63, 3.8) is 0 Å². The summed E-state index contributed by atoms with van der Waals surface area (Å²) < 4.78 is 2.07. The number of carbonyl (C=O) groups is 1. The summed E-state index contributed by atoms with van der Waals surface area (Å²) in [5.41, 5.74) is 5.19. The summed E-state index contributed by atoms with van der Waals surface area (Å²) in [7, 11) is 0. The number of amides is 1. The average Bonchev–Trinajstić information content (AvgIpc) is 3.04. The van der Waals surface area contributed by atoms with Crippen LogP contribution in [0.25, 0.3) is 0 Å². The molecular weight excluding hydrogens is 428 g/mol. The third kappa shape index (κ3) is 5.43. The highest BCUT2D eigenvalue weighted by Crippen LogP contribution is 2.27. The molecule has 1 N–H and O–H groups in total. The van der Waals surface area contributed by atoms with Crippen LogP contribution in [0.5, 0.6) is 0 Å². The number of thioether (sulfide) groups is 1. The maximum atomic E-state index is 12.3. The predicted molar refractivity (Wildman–Crippen MR) is 114 cm³/mol. The fourth-order valence-electron chi connectivity index (χ4n) is 2.47. The van der Waals surface area contributed by atoms with Gasteiger partial charge in [0.15, 0.2) is 0 Å². The van der Waals surface area contributed by atoms with E-state index in [0.29, 0.717) is 6.42 Å². The second-order valence-corrected chi connectivity index (χ2v) is 9.06. The molecule has 26 heavy (non-hydrogen) atoms. The molecule has 0 atom stereocenters. The number of hydrogen-bond acceptors (Lipinski definition) is 4. The second kappa shape index (κ2) is 8.84. The van der Waals surface area contributed by atoms with E-state index in [2.05, 4.69) is 44.4 Å². The van der Waals surface area contributed by atoms with Crippen molar-refractivity contribution in [3.8, 4) is 0 Å². The van der Waals surface area contributed by atoms with E-state index in [0.717, 1.165) is 31.5 Å². The minimum atomic E-state index is -0.0355. The van der Waals surface area contributed by atoms with Crippen LogP contribution in [0.1, 0.15) is 22.4 Å². The van der Waals surface area contributed by atoms with Gasteiger partial charge in [-0.05, 0) is 43.2 Å². The Morgan fingerprint density at radius 1 is 1.19 bits per heavy atom. The Kier molecular flexibility index (Phi) is 6.51. The highest BCUT2D eigenvalue weighted by molar-refractivity contribution is 9.10. The lowest BCUT2D eigenvalue weighted by Crippen LogP contribution is -2.15. The van der Waals surface area contributed by atoms with Crippen LogP contribution in [0.15, 0.2) is 56.7 Å². The fourth-order valence-corrected chi connectivity index (χ4v) is 4.54. The molecule has 0 unspecified atom stereocenters. The normalized spacial score (nSPS) is 10.7. The smallest absolute Gasteiger partial charge is 0.230 e. The van der Waals surface area contributed by atoms with Gasteiger partial charge in [0.1, 0.15) is 4.34 Å². The summed E-state index contributed by atoms with van der Waals surface area (Å²) in [6.07, 6.45) is 0.294. The van der Waals surface area contributed by atoms with Gasteiger partial charge in [0.05, 0.1) is 12.1 Å². The zero-order valence-electron chi connectivity index (χ0n) is 14.6. The van der Waals surface area contributed by atoms with Gasteiger partial charge in [-0.15, -0.1) is 11.3 Å².